The average Bonchev–Trinajstić information content (AvgIpc) is 2.93. The van der Waals surface area contributed by atoms with Crippen LogP contribution in [0.15, 0.2) is 103 Å². The Morgan fingerprint density at radius 1 is 0.474 bits per heavy atom. The summed E-state index contributed by atoms with van der Waals surface area (Å²) in [6, 6.07) is 36.8. The van der Waals surface area contributed by atoms with Crippen molar-refractivity contribution in [3.8, 4) is 11.1 Å². The molecule has 0 N–H and O–H groups in total. The second-order valence-corrected chi connectivity index (χ2v) is 10.2. The minimum Gasteiger partial charge on any atom is -0.329 e. The van der Waals surface area contributed by atoms with Crippen molar-refractivity contribution in [1.82, 2.24) is 4.98 Å². The van der Waals surface area contributed by atoms with E-state index in [-0.39, 0.29) is 0 Å². The first-order valence-electron chi connectivity index (χ1n) is 13.1. The van der Waals surface area contributed by atoms with E-state index in [0.29, 0.717) is 0 Å². The van der Waals surface area contributed by atoms with Crippen LogP contribution >= 0.6 is 0 Å². The first-order valence-corrected chi connectivity index (χ1v) is 13.1. The molecule has 5 rings (SSSR count). The summed E-state index contributed by atoms with van der Waals surface area (Å²) in [5, 5.41) is 0. The maximum absolute atomic E-state index is 5.15. The lowest BCUT2D eigenvalue weighted by molar-refractivity contribution is 1.09. The predicted molar refractivity (Wildman–Crippen MR) is 163 cm³/mol. The number of anilines is 5. The van der Waals surface area contributed by atoms with E-state index in [1.54, 1.807) is 0 Å². The van der Waals surface area contributed by atoms with E-state index in [0.717, 1.165) is 28.7 Å². The van der Waals surface area contributed by atoms with Crippen LogP contribution < -0.4 is 9.80 Å². The van der Waals surface area contributed by atoms with Crippen LogP contribution in [0.4, 0.5) is 28.7 Å². The van der Waals surface area contributed by atoms with E-state index < -0.39 is 0 Å². The van der Waals surface area contributed by atoms with Gasteiger partial charge >= 0.3 is 0 Å². The SMILES string of the molecule is Cc1ccc(-c2ccc(N(c3ccc(C)c(C)c3)c3cccc(N(C)c4ccc(C)c(C)c4)n3)cc2)cc1. The molecule has 0 aliphatic heterocycles. The number of nitrogens with zero attached hydrogens (tertiary/aromatic N) is 3. The molecular weight excluding hydrogens is 462 g/mol. The molecule has 190 valence electrons. The van der Waals surface area contributed by atoms with Crippen molar-refractivity contribution in [1.29, 1.82) is 0 Å². The van der Waals surface area contributed by atoms with E-state index in [4.69, 9.17) is 4.98 Å². The van der Waals surface area contributed by atoms with Gasteiger partial charge in [-0.25, -0.2) is 4.98 Å². The Hall–Kier alpha value is -4.37. The summed E-state index contributed by atoms with van der Waals surface area (Å²) in [6.07, 6.45) is 0. The van der Waals surface area contributed by atoms with E-state index in [1.165, 1.54) is 38.9 Å². The lowest BCUT2D eigenvalue weighted by Gasteiger charge is -2.27. The van der Waals surface area contributed by atoms with E-state index in [9.17, 15) is 0 Å². The molecule has 0 amide bonds. The molecule has 0 saturated carbocycles. The molecule has 1 aromatic heterocycles. The first-order chi connectivity index (χ1) is 18.3. The molecule has 0 atom stereocenters. The van der Waals surface area contributed by atoms with Crippen molar-refractivity contribution in [2.24, 2.45) is 0 Å². The molecule has 3 heteroatoms. The standard InChI is InChI=1S/C35H35N3/c1-24-10-14-29(15-11-24)30-16-20-31(21-17-30)38(33-19-13-26(3)28(5)23-33)35-9-7-8-34(36-35)37(6)32-18-12-25(2)27(4)22-32/h7-23H,1-6H3. The second kappa shape index (κ2) is 10.5. The van der Waals surface area contributed by atoms with Gasteiger partial charge in [-0.15, -0.1) is 0 Å². The van der Waals surface area contributed by atoms with Crippen molar-refractivity contribution >= 4 is 28.7 Å². The predicted octanol–water partition coefficient (Wildman–Crippen LogP) is 9.53. The summed E-state index contributed by atoms with van der Waals surface area (Å²) < 4.78 is 0. The van der Waals surface area contributed by atoms with Gasteiger partial charge in [-0.05, 0) is 117 Å². The maximum Gasteiger partial charge on any atom is 0.140 e. The third kappa shape index (κ3) is 5.19. The fraction of sp³-hybridized carbons (Fsp3) is 0.171. The van der Waals surface area contributed by atoms with Gasteiger partial charge in [-0.3, -0.25) is 4.90 Å². The molecule has 0 aliphatic rings. The molecule has 1 heterocycles. The lowest BCUT2D eigenvalue weighted by Crippen LogP contribution is -2.16. The summed E-state index contributed by atoms with van der Waals surface area (Å²) in [5.41, 5.74) is 12.1. The Bertz CT molecular complexity index is 1570. The van der Waals surface area contributed by atoms with Gasteiger partial charge in [0.25, 0.3) is 0 Å². The number of hydrogen-bond acceptors (Lipinski definition) is 3. The Labute approximate surface area is 227 Å². The topological polar surface area (TPSA) is 19.4 Å². The van der Waals surface area contributed by atoms with Gasteiger partial charge in [0.05, 0.1) is 0 Å². The molecule has 0 saturated heterocycles. The Kier molecular flexibility index (Phi) is 7.02. The fourth-order valence-electron chi connectivity index (χ4n) is 4.62. The zero-order valence-electron chi connectivity index (χ0n) is 23.2. The van der Waals surface area contributed by atoms with Crippen molar-refractivity contribution in [3.63, 3.8) is 0 Å². The average molecular weight is 498 g/mol. The van der Waals surface area contributed by atoms with Crippen LogP contribution in [0.5, 0.6) is 0 Å². The van der Waals surface area contributed by atoms with Crippen LogP contribution in [0.1, 0.15) is 27.8 Å². The van der Waals surface area contributed by atoms with E-state index in [2.05, 4.69) is 155 Å². The molecule has 0 aliphatic carbocycles. The number of hydrogen-bond donors (Lipinski definition) is 0. The fourth-order valence-corrected chi connectivity index (χ4v) is 4.62. The highest BCUT2D eigenvalue weighted by Gasteiger charge is 2.17. The quantitative estimate of drug-likeness (QED) is 0.233. The Balaban J connectivity index is 1.56. The number of rotatable bonds is 6. The van der Waals surface area contributed by atoms with Gasteiger partial charge in [0.15, 0.2) is 0 Å². The molecular formula is C35H35N3. The molecule has 3 nitrogen and oxygen atoms in total. The normalized spacial score (nSPS) is 10.9. The third-order valence-electron chi connectivity index (χ3n) is 7.43. The molecule has 0 spiro atoms. The third-order valence-corrected chi connectivity index (χ3v) is 7.43. The molecule has 0 fully saturated rings. The zero-order chi connectivity index (χ0) is 26.8. The molecule has 0 radical (unpaired) electrons. The van der Waals surface area contributed by atoms with Gasteiger partial charge in [0.2, 0.25) is 0 Å². The van der Waals surface area contributed by atoms with Gasteiger partial charge in [0.1, 0.15) is 11.6 Å². The maximum atomic E-state index is 5.15. The van der Waals surface area contributed by atoms with Crippen molar-refractivity contribution in [2.75, 3.05) is 16.8 Å². The minimum absolute atomic E-state index is 0.879. The summed E-state index contributed by atoms with van der Waals surface area (Å²) >= 11 is 0. The monoisotopic (exact) mass is 497 g/mol. The lowest BCUT2D eigenvalue weighted by atomic mass is 10.0. The summed E-state index contributed by atoms with van der Waals surface area (Å²) in [7, 11) is 2.08. The molecule has 5 aromatic rings. The van der Waals surface area contributed by atoms with Gasteiger partial charge in [-0.2, -0.15) is 0 Å². The van der Waals surface area contributed by atoms with Crippen LogP contribution in [0, 0.1) is 34.6 Å². The molecule has 38 heavy (non-hydrogen) atoms. The first kappa shape index (κ1) is 25.3. The van der Waals surface area contributed by atoms with Gasteiger partial charge in [-0.1, -0.05) is 60.2 Å². The summed E-state index contributed by atoms with van der Waals surface area (Å²) in [4.78, 5) is 9.54. The Morgan fingerprint density at radius 2 is 0.974 bits per heavy atom. The van der Waals surface area contributed by atoms with E-state index >= 15 is 0 Å². The van der Waals surface area contributed by atoms with Gasteiger partial charge in [0, 0.05) is 24.1 Å². The van der Waals surface area contributed by atoms with Gasteiger partial charge < -0.3 is 4.90 Å². The van der Waals surface area contributed by atoms with E-state index in [1.807, 2.05) is 0 Å². The molecule has 0 unspecified atom stereocenters. The number of benzene rings is 4. The number of pyridine rings is 1. The highest BCUT2D eigenvalue weighted by molar-refractivity contribution is 5.78. The summed E-state index contributed by atoms with van der Waals surface area (Å²) in [5.74, 6) is 1.78. The second-order valence-electron chi connectivity index (χ2n) is 10.2. The number of aryl methyl sites for hydroxylation is 5. The molecule has 4 aromatic carbocycles. The highest BCUT2D eigenvalue weighted by Crippen LogP contribution is 2.37. The summed E-state index contributed by atoms with van der Waals surface area (Å²) in [6.45, 7) is 10.7. The van der Waals surface area contributed by atoms with Crippen LogP contribution in [-0.2, 0) is 0 Å². The van der Waals surface area contributed by atoms with Crippen molar-refractivity contribution in [3.05, 3.63) is 131 Å². The van der Waals surface area contributed by atoms with Crippen LogP contribution in [0.3, 0.4) is 0 Å². The van der Waals surface area contributed by atoms with Crippen molar-refractivity contribution in [2.45, 2.75) is 34.6 Å². The number of aromatic nitrogens is 1. The molecule has 0 bridgehead atoms. The largest absolute Gasteiger partial charge is 0.329 e. The zero-order valence-corrected chi connectivity index (χ0v) is 23.2. The van der Waals surface area contributed by atoms with Crippen LogP contribution in [0.25, 0.3) is 11.1 Å². The highest BCUT2D eigenvalue weighted by atomic mass is 15.2. The van der Waals surface area contributed by atoms with Crippen molar-refractivity contribution < 1.29 is 0 Å². The van der Waals surface area contributed by atoms with Crippen LogP contribution in [-0.4, -0.2) is 12.0 Å². The minimum atomic E-state index is 0.879. The smallest absolute Gasteiger partial charge is 0.140 e. The Morgan fingerprint density at radius 3 is 1.58 bits per heavy atom. The van der Waals surface area contributed by atoms with Crippen LogP contribution in [0.2, 0.25) is 0 Å².